The highest BCUT2D eigenvalue weighted by atomic mass is 31.2. The normalized spacial score (nSPS) is 15.2. The third-order valence-corrected chi connectivity index (χ3v) is 16.6. The van der Waals surface area contributed by atoms with Crippen LogP contribution in [0, 0.1) is 0 Å². The van der Waals surface area contributed by atoms with Crippen LogP contribution in [-0.2, 0) is 55.8 Å². The van der Waals surface area contributed by atoms with Gasteiger partial charge in [-0.2, -0.15) is 0 Å². The van der Waals surface area contributed by atoms with Gasteiger partial charge in [0.25, 0.3) is 0 Å². The molecule has 0 bridgehead atoms. The van der Waals surface area contributed by atoms with Crippen LogP contribution in [0.4, 0.5) is 0 Å². The number of phosphoric acid groups is 2. The van der Waals surface area contributed by atoms with Crippen LogP contribution in [-0.4, -0.2) is 95.9 Å². The van der Waals surface area contributed by atoms with Gasteiger partial charge in [0.2, 0.25) is 0 Å². The number of hydrogen-bond donors (Lipinski definition) is 4. The van der Waals surface area contributed by atoms with Crippen LogP contribution in [0.2, 0.25) is 0 Å². The summed E-state index contributed by atoms with van der Waals surface area (Å²) in [7, 11) is -9.86. The second-order valence-electron chi connectivity index (χ2n) is 24.3. The molecule has 0 spiro atoms. The van der Waals surface area contributed by atoms with E-state index in [9.17, 15) is 43.5 Å². The number of rotatable bonds is 69. The molecule has 0 aliphatic heterocycles. The quantitative estimate of drug-likeness (QED) is 0.0146. The number of carbonyl (C=O) groups is 3. The maximum Gasteiger partial charge on any atom is 0.472 e. The van der Waals surface area contributed by atoms with Crippen molar-refractivity contribution in [2.45, 2.75) is 257 Å². The standard InChI is InChI=1S/C85H132O16P2/c1-4-7-10-13-16-19-22-25-28-31-34-35-36-37-38-39-40-41-42-43-46-48-50-53-56-59-62-65-68-71-83(88)95-74-80(86)75-97-102(91,92)98-76-81(87)77-99-103(93,94)100-79-82(101-85(90)73-70-67-64-61-58-55-52-49-45-33-30-27-24-21-18-15-12-9-6-3)78-96-84(89)72-69-66-63-60-57-54-51-47-44-32-29-26-23-20-17-14-11-8-5-2/h7-12,16-21,25-30,34-35,37-38,40-41,44-45,47,49,54-55,57-58,63-64,66-67,80-82,86-87H,4-6,13-15,22-24,31-33,36,39,42-43,46,48,50-53,56,59-62,65,68-79H2,1-3H3,(H,91,92)(H,93,94)/b10-7-,11-8-,12-9-,19-16-,20-17-,21-18-,28-25-,29-26-,30-27-,35-34-,38-37-,41-40-,47-44-,49-45-,57-54-,58-55-,66-63-,67-64-. The zero-order valence-electron chi connectivity index (χ0n) is 62.9. The molecule has 0 aliphatic rings. The van der Waals surface area contributed by atoms with E-state index in [-0.39, 0.29) is 19.3 Å². The van der Waals surface area contributed by atoms with E-state index in [2.05, 4.69) is 203 Å². The summed E-state index contributed by atoms with van der Waals surface area (Å²) >= 11 is 0. The van der Waals surface area contributed by atoms with Crippen LogP contribution in [0.3, 0.4) is 0 Å². The molecule has 0 saturated heterocycles. The molecule has 0 saturated carbocycles. The zero-order chi connectivity index (χ0) is 75.2. The second kappa shape index (κ2) is 75.5. The van der Waals surface area contributed by atoms with E-state index < -0.39 is 91.5 Å². The molecule has 0 aromatic carbocycles. The molecule has 18 heteroatoms. The molecular formula is C85H132O16P2. The summed E-state index contributed by atoms with van der Waals surface area (Å²) in [5.74, 6) is -1.80. The summed E-state index contributed by atoms with van der Waals surface area (Å²) in [4.78, 5) is 58.5. The van der Waals surface area contributed by atoms with Crippen molar-refractivity contribution in [3.63, 3.8) is 0 Å². The van der Waals surface area contributed by atoms with Crippen molar-refractivity contribution < 1.29 is 75.8 Å². The Labute approximate surface area is 622 Å². The molecule has 0 amide bonds. The largest absolute Gasteiger partial charge is 0.472 e. The van der Waals surface area contributed by atoms with E-state index in [4.69, 9.17) is 32.3 Å². The second-order valence-corrected chi connectivity index (χ2v) is 27.2. The van der Waals surface area contributed by atoms with Crippen molar-refractivity contribution in [2.75, 3.05) is 39.6 Å². The van der Waals surface area contributed by atoms with Crippen LogP contribution in [0.15, 0.2) is 219 Å². The lowest BCUT2D eigenvalue weighted by atomic mass is 10.1. The molecule has 5 atom stereocenters. The van der Waals surface area contributed by atoms with E-state index in [0.717, 1.165) is 135 Å². The minimum atomic E-state index is -4.98. The van der Waals surface area contributed by atoms with Gasteiger partial charge < -0.3 is 34.2 Å². The summed E-state index contributed by atoms with van der Waals surface area (Å²) in [6.07, 6.45) is 102. The lowest BCUT2D eigenvalue weighted by molar-refractivity contribution is -0.161. The number of hydrogen-bond acceptors (Lipinski definition) is 14. The van der Waals surface area contributed by atoms with E-state index >= 15 is 0 Å². The Morgan fingerprint density at radius 2 is 0.505 bits per heavy atom. The fraction of sp³-hybridized carbons (Fsp3) is 0.541. The minimum Gasteiger partial charge on any atom is -0.463 e. The molecule has 0 aromatic heterocycles. The molecule has 0 rings (SSSR count). The third kappa shape index (κ3) is 76.8. The SMILES string of the molecule is CC/C=C\C/C=C\C/C=C\C/C=C\C/C=C\C/C=C\CCCCCCCCCCCCC(=O)OCC(O)COP(=O)(O)OCC(O)COP(=O)(O)OCC(COC(=O)CC/C=C\C/C=C\C/C=C\C/C=C\C/C=C\C/C=C\CC)OC(=O)CC/C=C\C/C=C\C/C=C\C/C=C\C/C=C\C/C=C\CC. The molecule has 0 aliphatic carbocycles. The van der Waals surface area contributed by atoms with Crippen molar-refractivity contribution in [3.05, 3.63) is 219 Å². The van der Waals surface area contributed by atoms with Gasteiger partial charge in [0.15, 0.2) is 6.10 Å². The highest BCUT2D eigenvalue weighted by Crippen LogP contribution is 2.45. The number of allylic oxidation sites excluding steroid dienone is 36. The first kappa shape index (κ1) is 96.9. The fourth-order valence-electron chi connectivity index (χ4n) is 9.04. The van der Waals surface area contributed by atoms with Gasteiger partial charge in [-0.25, -0.2) is 9.13 Å². The average molecular weight is 1470 g/mol. The molecule has 0 aromatic rings. The lowest BCUT2D eigenvalue weighted by Gasteiger charge is -2.21. The summed E-state index contributed by atoms with van der Waals surface area (Å²) in [5.41, 5.74) is 0. The number of carbonyl (C=O) groups excluding carboxylic acids is 3. The zero-order valence-corrected chi connectivity index (χ0v) is 64.7. The number of phosphoric ester groups is 2. The Bertz CT molecular complexity index is 2750. The Hall–Kier alpha value is -6.13. The van der Waals surface area contributed by atoms with Crippen molar-refractivity contribution >= 4 is 33.6 Å². The molecule has 0 heterocycles. The predicted octanol–water partition coefficient (Wildman–Crippen LogP) is 22.3. The third-order valence-electron chi connectivity index (χ3n) is 14.7. The summed E-state index contributed by atoms with van der Waals surface area (Å²) in [5, 5.41) is 20.6. The maximum atomic E-state index is 12.9. The van der Waals surface area contributed by atoms with E-state index in [1.807, 2.05) is 36.5 Å². The van der Waals surface area contributed by atoms with Crippen molar-refractivity contribution in [1.29, 1.82) is 0 Å². The summed E-state index contributed by atoms with van der Waals surface area (Å²) in [6, 6.07) is 0. The highest BCUT2D eigenvalue weighted by Gasteiger charge is 2.29. The number of esters is 3. The summed E-state index contributed by atoms with van der Waals surface area (Å²) < 4.78 is 60.9. The van der Waals surface area contributed by atoms with Gasteiger partial charge in [-0.1, -0.05) is 291 Å². The molecule has 103 heavy (non-hydrogen) atoms. The van der Waals surface area contributed by atoms with Gasteiger partial charge in [-0.15, -0.1) is 0 Å². The smallest absolute Gasteiger partial charge is 0.463 e. The average Bonchev–Trinajstić information content (AvgIpc) is 0.918. The highest BCUT2D eigenvalue weighted by molar-refractivity contribution is 7.47. The summed E-state index contributed by atoms with van der Waals surface area (Å²) in [6.45, 7) is 2.10. The molecular weight excluding hydrogens is 1340 g/mol. The van der Waals surface area contributed by atoms with E-state index in [1.165, 1.54) is 32.1 Å². The van der Waals surface area contributed by atoms with Crippen molar-refractivity contribution in [1.82, 2.24) is 0 Å². The molecule has 5 unspecified atom stereocenters. The van der Waals surface area contributed by atoms with Crippen LogP contribution in [0.5, 0.6) is 0 Å². The van der Waals surface area contributed by atoms with Crippen molar-refractivity contribution in [3.8, 4) is 0 Å². The van der Waals surface area contributed by atoms with Crippen molar-refractivity contribution in [2.24, 2.45) is 0 Å². The molecule has 4 N–H and O–H groups in total. The van der Waals surface area contributed by atoms with Crippen LogP contribution < -0.4 is 0 Å². The number of aliphatic hydroxyl groups excluding tert-OH is 2. The van der Waals surface area contributed by atoms with E-state index in [0.29, 0.717) is 32.1 Å². The Kier molecular flexibility index (Phi) is 71.1. The first-order valence-electron chi connectivity index (χ1n) is 38.0. The first-order chi connectivity index (χ1) is 50.2. The van der Waals surface area contributed by atoms with Gasteiger partial charge in [0.05, 0.1) is 26.4 Å². The van der Waals surface area contributed by atoms with Gasteiger partial charge in [0, 0.05) is 19.3 Å². The van der Waals surface area contributed by atoms with E-state index in [1.54, 1.807) is 0 Å². The Balaban J connectivity index is 4.72. The topological polar surface area (TPSA) is 231 Å². The van der Waals surface area contributed by atoms with Gasteiger partial charge in [-0.05, 0) is 148 Å². The predicted molar refractivity (Wildman–Crippen MR) is 426 cm³/mol. The van der Waals surface area contributed by atoms with Gasteiger partial charge in [0.1, 0.15) is 25.4 Å². The maximum absolute atomic E-state index is 12.9. The molecule has 0 radical (unpaired) electrons. The van der Waals surface area contributed by atoms with Crippen LogP contribution >= 0.6 is 15.6 Å². The number of aliphatic hydroxyl groups is 2. The number of unbranched alkanes of at least 4 members (excludes halogenated alkanes) is 10. The minimum absolute atomic E-state index is 0.0196. The fourth-order valence-corrected chi connectivity index (χ4v) is 10.6. The molecule has 578 valence electrons. The van der Waals surface area contributed by atoms with Crippen LogP contribution in [0.1, 0.15) is 239 Å². The first-order valence-corrected chi connectivity index (χ1v) is 41.0. The van der Waals surface area contributed by atoms with Gasteiger partial charge in [-0.3, -0.25) is 32.5 Å². The van der Waals surface area contributed by atoms with Gasteiger partial charge >= 0.3 is 33.6 Å². The monoisotopic (exact) mass is 1470 g/mol. The Morgan fingerprint density at radius 1 is 0.272 bits per heavy atom. The molecule has 16 nitrogen and oxygen atoms in total. The van der Waals surface area contributed by atoms with Crippen LogP contribution in [0.25, 0.3) is 0 Å². The lowest BCUT2D eigenvalue weighted by Crippen LogP contribution is -2.29. The number of ether oxygens (including phenoxy) is 3. The Morgan fingerprint density at radius 3 is 0.825 bits per heavy atom. The molecule has 0 fully saturated rings.